The first kappa shape index (κ1) is 13.3. The molecule has 0 atom stereocenters. The first-order valence-electron chi connectivity index (χ1n) is 6.29. The molecular formula is C13H18ClN3O. The Morgan fingerprint density at radius 1 is 1.44 bits per heavy atom. The summed E-state index contributed by atoms with van der Waals surface area (Å²) >= 11 is 5.87. The average molecular weight is 268 g/mol. The Balaban J connectivity index is 2.10. The summed E-state index contributed by atoms with van der Waals surface area (Å²) in [6.45, 7) is 0.388. The van der Waals surface area contributed by atoms with Crippen molar-refractivity contribution in [1.82, 2.24) is 4.98 Å². The number of pyridine rings is 1. The number of nitrogens with one attached hydrogen (secondary N) is 1. The summed E-state index contributed by atoms with van der Waals surface area (Å²) in [5.74, 6) is 0.463. The molecule has 3 N–H and O–H groups in total. The molecule has 1 fully saturated rings. The van der Waals surface area contributed by atoms with Gasteiger partial charge in [0.25, 0.3) is 0 Å². The molecule has 2 rings (SSSR count). The van der Waals surface area contributed by atoms with Crippen molar-refractivity contribution in [2.24, 2.45) is 11.1 Å². The maximum absolute atomic E-state index is 12.4. The van der Waals surface area contributed by atoms with Gasteiger partial charge in [-0.2, -0.15) is 0 Å². The van der Waals surface area contributed by atoms with E-state index in [-0.39, 0.29) is 5.91 Å². The molecule has 0 unspecified atom stereocenters. The second-order valence-electron chi connectivity index (χ2n) is 4.86. The van der Waals surface area contributed by atoms with Gasteiger partial charge in [-0.15, -0.1) is 0 Å². The number of nitrogens with two attached hydrogens (primary N) is 1. The summed E-state index contributed by atoms with van der Waals surface area (Å²) in [7, 11) is 0. The third-order valence-electron chi connectivity index (χ3n) is 3.65. The van der Waals surface area contributed by atoms with E-state index < -0.39 is 5.41 Å². The number of carbonyl (C=O) groups excluding carboxylic acids is 1. The fourth-order valence-corrected chi connectivity index (χ4v) is 2.63. The first-order chi connectivity index (χ1) is 8.66. The fourth-order valence-electron chi connectivity index (χ4n) is 2.47. The van der Waals surface area contributed by atoms with Crippen molar-refractivity contribution < 1.29 is 4.79 Å². The summed E-state index contributed by atoms with van der Waals surface area (Å²) < 4.78 is 0. The van der Waals surface area contributed by atoms with Gasteiger partial charge in [-0.3, -0.25) is 4.79 Å². The summed E-state index contributed by atoms with van der Waals surface area (Å²) in [5.41, 5.74) is 5.39. The lowest BCUT2D eigenvalue weighted by Gasteiger charge is -2.34. The molecular weight excluding hydrogens is 250 g/mol. The van der Waals surface area contributed by atoms with Crippen molar-refractivity contribution in [1.29, 1.82) is 0 Å². The van der Waals surface area contributed by atoms with Gasteiger partial charge in [0.15, 0.2) is 0 Å². The van der Waals surface area contributed by atoms with Crippen LogP contribution in [-0.4, -0.2) is 17.4 Å². The van der Waals surface area contributed by atoms with Crippen LogP contribution in [0.15, 0.2) is 18.3 Å². The van der Waals surface area contributed by atoms with E-state index in [2.05, 4.69) is 10.3 Å². The lowest BCUT2D eigenvalue weighted by molar-refractivity contribution is -0.126. The summed E-state index contributed by atoms with van der Waals surface area (Å²) in [6.07, 6.45) is 6.60. The first-order valence-corrected chi connectivity index (χ1v) is 6.67. The molecule has 18 heavy (non-hydrogen) atoms. The molecule has 1 heterocycles. The van der Waals surface area contributed by atoms with Crippen LogP contribution in [0.1, 0.15) is 32.1 Å². The highest BCUT2D eigenvalue weighted by atomic mass is 35.5. The van der Waals surface area contributed by atoms with E-state index in [9.17, 15) is 4.79 Å². The predicted molar refractivity (Wildman–Crippen MR) is 72.4 cm³/mol. The largest absolute Gasteiger partial charge is 0.329 e. The molecule has 5 heteroatoms. The van der Waals surface area contributed by atoms with Crippen LogP contribution in [0.4, 0.5) is 5.82 Å². The van der Waals surface area contributed by atoms with E-state index in [1.807, 2.05) is 0 Å². The van der Waals surface area contributed by atoms with Crippen LogP contribution in [0.5, 0.6) is 0 Å². The minimum absolute atomic E-state index is 0.0283. The highest BCUT2D eigenvalue weighted by Gasteiger charge is 2.38. The smallest absolute Gasteiger partial charge is 0.233 e. The molecule has 0 saturated heterocycles. The van der Waals surface area contributed by atoms with Crippen LogP contribution in [-0.2, 0) is 4.79 Å². The van der Waals surface area contributed by atoms with Gasteiger partial charge in [0.05, 0.1) is 5.41 Å². The second kappa shape index (κ2) is 5.67. The van der Waals surface area contributed by atoms with E-state index in [4.69, 9.17) is 17.3 Å². The van der Waals surface area contributed by atoms with E-state index in [0.717, 1.165) is 25.7 Å². The number of hydrogen-bond donors (Lipinski definition) is 2. The molecule has 1 amide bonds. The van der Waals surface area contributed by atoms with Crippen LogP contribution >= 0.6 is 11.6 Å². The molecule has 1 saturated carbocycles. The second-order valence-corrected chi connectivity index (χ2v) is 5.29. The van der Waals surface area contributed by atoms with Crippen molar-refractivity contribution in [3.05, 3.63) is 23.4 Å². The Morgan fingerprint density at radius 2 is 2.17 bits per heavy atom. The Hall–Kier alpha value is -1.13. The number of hydrogen-bond acceptors (Lipinski definition) is 3. The molecule has 4 nitrogen and oxygen atoms in total. The lowest BCUT2D eigenvalue weighted by Crippen LogP contribution is -2.44. The van der Waals surface area contributed by atoms with Gasteiger partial charge in [0.1, 0.15) is 5.82 Å². The zero-order valence-corrected chi connectivity index (χ0v) is 11.0. The van der Waals surface area contributed by atoms with Crippen LogP contribution in [0.3, 0.4) is 0 Å². The van der Waals surface area contributed by atoms with Crippen molar-refractivity contribution in [2.75, 3.05) is 11.9 Å². The number of anilines is 1. The fraction of sp³-hybridized carbons (Fsp3) is 0.538. The summed E-state index contributed by atoms with van der Waals surface area (Å²) in [5, 5.41) is 3.39. The molecule has 0 radical (unpaired) electrons. The molecule has 1 aliphatic carbocycles. The van der Waals surface area contributed by atoms with Crippen molar-refractivity contribution >= 4 is 23.3 Å². The molecule has 1 aliphatic rings. The van der Waals surface area contributed by atoms with Gasteiger partial charge in [-0.25, -0.2) is 4.98 Å². The topological polar surface area (TPSA) is 68.0 Å². The van der Waals surface area contributed by atoms with Crippen LogP contribution < -0.4 is 11.1 Å². The van der Waals surface area contributed by atoms with Crippen molar-refractivity contribution in [3.63, 3.8) is 0 Å². The van der Waals surface area contributed by atoms with Gasteiger partial charge in [0.2, 0.25) is 5.91 Å². The van der Waals surface area contributed by atoms with Crippen LogP contribution in [0, 0.1) is 5.41 Å². The Bertz CT molecular complexity index is 430. The van der Waals surface area contributed by atoms with Crippen molar-refractivity contribution in [2.45, 2.75) is 32.1 Å². The molecule has 1 aromatic rings. The number of rotatable bonds is 3. The summed E-state index contributed by atoms with van der Waals surface area (Å²) in [4.78, 5) is 16.4. The number of aromatic nitrogens is 1. The normalized spacial score (nSPS) is 18.3. The van der Waals surface area contributed by atoms with Gasteiger partial charge >= 0.3 is 0 Å². The monoisotopic (exact) mass is 267 g/mol. The van der Waals surface area contributed by atoms with Gasteiger partial charge in [-0.1, -0.05) is 30.9 Å². The van der Waals surface area contributed by atoms with E-state index >= 15 is 0 Å². The molecule has 1 aromatic heterocycles. The molecule has 0 spiro atoms. The van der Waals surface area contributed by atoms with E-state index in [1.165, 1.54) is 6.42 Å². The third-order valence-corrected chi connectivity index (χ3v) is 3.88. The van der Waals surface area contributed by atoms with Gasteiger partial charge in [0, 0.05) is 17.8 Å². The van der Waals surface area contributed by atoms with Crippen LogP contribution in [0.25, 0.3) is 0 Å². The molecule has 0 aliphatic heterocycles. The number of amides is 1. The molecule has 0 aromatic carbocycles. The van der Waals surface area contributed by atoms with Crippen molar-refractivity contribution in [3.8, 4) is 0 Å². The predicted octanol–water partition coefficient (Wildman–Crippen LogP) is 2.58. The standard InChI is InChI=1S/C13H18ClN3O/c14-10-4-7-16-11(8-10)17-12(18)13(9-15)5-2-1-3-6-13/h4,7-8H,1-3,5-6,9,15H2,(H,16,17,18). The zero-order valence-electron chi connectivity index (χ0n) is 10.3. The zero-order chi connectivity index (χ0) is 13.0. The Labute approximate surface area is 112 Å². The number of halogens is 1. The van der Waals surface area contributed by atoms with Gasteiger partial charge in [-0.05, 0) is 25.0 Å². The number of nitrogens with zero attached hydrogens (tertiary/aromatic N) is 1. The SMILES string of the molecule is NCC1(C(=O)Nc2cc(Cl)ccn2)CCCCC1. The van der Waals surface area contributed by atoms with E-state index in [0.29, 0.717) is 17.4 Å². The van der Waals surface area contributed by atoms with Crippen LogP contribution in [0.2, 0.25) is 5.02 Å². The number of carbonyl (C=O) groups is 1. The highest BCUT2D eigenvalue weighted by molar-refractivity contribution is 6.30. The van der Waals surface area contributed by atoms with E-state index in [1.54, 1.807) is 18.3 Å². The molecule has 0 bridgehead atoms. The minimum Gasteiger partial charge on any atom is -0.329 e. The maximum Gasteiger partial charge on any atom is 0.233 e. The lowest BCUT2D eigenvalue weighted by atomic mass is 9.73. The Morgan fingerprint density at radius 3 is 2.78 bits per heavy atom. The van der Waals surface area contributed by atoms with Gasteiger partial charge < -0.3 is 11.1 Å². The summed E-state index contributed by atoms with van der Waals surface area (Å²) in [6, 6.07) is 3.32. The maximum atomic E-state index is 12.4. The highest BCUT2D eigenvalue weighted by Crippen LogP contribution is 2.36. The average Bonchev–Trinajstić information content (AvgIpc) is 2.39. The Kier molecular flexibility index (Phi) is 4.19. The minimum atomic E-state index is -0.428. The molecule has 98 valence electrons. The quantitative estimate of drug-likeness (QED) is 0.884. The third kappa shape index (κ3) is 2.82.